The SMILES string of the molecule is O=C(N[C@@H](Cc1ccc2[nH]cc(Cl)c2c1)C(=O)O)OCC1c2ccccc2-c2ccccc21. The van der Waals surface area contributed by atoms with Gasteiger partial charge in [-0.05, 0) is 39.9 Å². The average molecular weight is 461 g/mol. The first-order valence-corrected chi connectivity index (χ1v) is 11.0. The minimum atomic E-state index is -1.14. The van der Waals surface area contributed by atoms with Gasteiger partial charge in [-0.1, -0.05) is 66.2 Å². The molecule has 1 amide bonds. The van der Waals surface area contributed by atoms with Crippen LogP contribution in [0.15, 0.2) is 72.9 Å². The van der Waals surface area contributed by atoms with Crippen molar-refractivity contribution in [1.82, 2.24) is 10.3 Å². The maximum absolute atomic E-state index is 12.5. The zero-order valence-electron chi connectivity index (χ0n) is 17.5. The predicted molar refractivity (Wildman–Crippen MR) is 127 cm³/mol. The smallest absolute Gasteiger partial charge is 0.407 e. The van der Waals surface area contributed by atoms with Gasteiger partial charge in [-0.15, -0.1) is 0 Å². The Morgan fingerprint density at radius 2 is 1.70 bits per heavy atom. The molecule has 0 fully saturated rings. The number of hydrogen-bond acceptors (Lipinski definition) is 3. The molecule has 0 saturated heterocycles. The van der Waals surface area contributed by atoms with E-state index in [9.17, 15) is 14.7 Å². The second-order valence-electron chi connectivity index (χ2n) is 8.08. The molecule has 33 heavy (non-hydrogen) atoms. The van der Waals surface area contributed by atoms with Crippen LogP contribution in [0.4, 0.5) is 4.79 Å². The summed E-state index contributed by atoms with van der Waals surface area (Å²) in [5.74, 6) is -1.23. The molecule has 3 aromatic carbocycles. The van der Waals surface area contributed by atoms with E-state index in [2.05, 4.69) is 22.4 Å². The molecule has 0 aliphatic heterocycles. The Hall–Kier alpha value is -3.77. The van der Waals surface area contributed by atoms with Crippen LogP contribution >= 0.6 is 11.6 Å². The fourth-order valence-corrected chi connectivity index (χ4v) is 4.69. The van der Waals surface area contributed by atoms with E-state index in [1.807, 2.05) is 54.6 Å². The monoisotopic (exact) mass is 460 g/mol. The predicted octanol–water partition coefficient (Wildman–Crippen LogP) is 5.36. The topological polar surface area (TPSA) is 91.4 Å². The second kappa shape index (κ2) is 8.64. The fraction of sp³-hybridized carbons (Fsp3) is 0.154. The number of carbonyl (C=O) groups excluding carboxylic acids is 1. The molecule has 1 atom stereocenters. The summed E-state index contributed by atoms with van der Waals surface area (Å²) >= 11 is 6.17. The van der Waals surface area contributed by atoms with Crippen LogP contribution in [0.1, 0.15) is 22.6 Å². The van der Waals surface area contributed by atoms with Gasteiger partial charge in [0.05, 0.1) is 5.02 Å². The standard InChI is InChI=1S/C26H21ClN2O4/c27-22-13-28-23-10-9-15(11-20(22)23)12-24(25(30)31)29-26(32)33-14-21-18-7-3-1-5-16(18)17-6-2-4-8-19(17)21/h1-11,13,21,24,28H,12,14H2,(H,29,32)(H,30,31)/t24-/m0/s1. The molecule has 0 saturated carbocycles. The maximum atomic E-state index is 12.5. The number of hydrogen-bond donors (Lipinski definition) is 3. The fourth-order valence-electron chi connectivity index (χ4n) is 4.48. The van der Waals surface area contributed by atoms with Gasteiger partial charge in [-0.25, -0.2) is 9.59 Å². The van der Waals surface area contributed by atoms with Crippen molar-refractivity contribution in [3.05, 3.63) is 94.6 Å². The summed E-state index contributed by atoms with van der Waals surface area (Å²) in [5, 5.41) is 13.5. The summed E-state index contributed by atoms with van der Waals surface area (Å²) in [5.41, 5.74) is 6.06. The molecule has 1 aliphatic rings. The lowest BCUT2D eigenvalue weighted by Crippen LogP contribution is -2.42. The summed E-state index contributed by atoms with van der Waals surface area (Å²) in [4.78, 5) is 27.4. The van der Waals surface area contributed by atoms with E-state index in [-0.39, 0.29) is 18.9 Å². The Balaban J connectivity index is 1.27. The van der Waals surface area contributed by atoms with Crippen LogP contribution in [0.3, 0.4) is 0 Å². The van der Waals surface area contributed by atoms with Crippen molar-refractivity contribution < 1.29 is 19.4 Å². The lowest BCUT2D eigenvalue weighted by molar-refractivity contribution is -0.139. The summed E-state index contributed by atoms with van der Waals surface area (Å²) in [6.07, 6.45) is 1.03. The summed E-state index contributed by atoms with van der Waals surface area (Å²) in [7, 11) is 0. The largest absolute Gasteiger partial charge is 0.480 e. The van der Waals surface area contributed by atoms with Gasteiger partial charge in [0.25, 0.3) is 0 Å². The van der Waals surface area contributed by atoms with E-state index in [0.717, 1.165) is 38.7 Å². The number of alkyl carbamates (subject to hydrolysis) is 1. The van der Waals surface area contributed by atoms with Gasteiger partial charge in [-0.3, -0.25) is 0 Å². The van der Waals surface area contributed by atoms with Gasteiger partial charge in [-0.2, -0.15) is 0 Å². The summed E-state index contributed by atoms with van der Waals surface area (Å²) in [6.45, 7) is 0.122. The van der Waals surface area contributed by atoms with Crippen molar-refractivity contribution in [2.45, 2.75) is 18.4 Å². The molecule has 1 heterocycles. The third-order valence-corrected chi connectivity index (χ3v) is 6.38. The molecular weight excluding hydrogens is 440 g/mol. The molecule has 1 aromatic heterocycles. The number of aliphatic carboxylic acids is 1. The van der Waals surface area contributed by atoms with E-state index < -0.39 is 18.1 Å². The minimum absolute atomic E-state index is 0.0930. The molecule has 4 aromatic rings. The molecular formula is C26H21ClN2O4. The number of rotatable bonds is 6. The molecule has 6 nitrogen and oxygen atoms in total. The minimum Gasteiger partial charge on any atom is -0.480 e. The molecule has 0 unspecified atom stereocenters. The highest BCUT2D eigenvalue weighted by Crippen LogP contribution is 2.44. The number of aromatic nitrogens is 1. The first kappa shape index (κ1) is 21.1. The maximum Gasteiger partial charge on any atom is 0.407 e. The Morgan fingerprint density at radius 3 is 2.36 bits per heavy atom. The highest BCUT2D eigenvalue weighted by molar-refractivity contribution is 6.35. The highest BCUT2D eigenvalue weighted by Gasteiger charge is 2.29. The van der Waals surface area contributed by atoms with Crippen LogP contribution < -0.4 is 5.32 Å². The number of ether oxygens (including phenoxy) is 1. The van der Waals surface area contributed by atoms with E-state index in [1.165, 1.54) is 0 Å². The summed E-state index contributed by atoms with van der Waals surface area (Å²) in [6, 6.07) is 20.4. The number of fused-ring (bicyclic) bond motifs is 4. The zero-order chi connectivity index (χ0) is 22.9. The molecule has 7 heteroatoms. The average Bonchev–Trinajstić information content (AvgIpc) is 3.35. The number of carboxylic acids is 1. The van der Waals surface area contributed by atoms with Gasteiger partial charge >= 0.3 is 12.1 Å². The Morgan fingerprint density at radius 1 is 1.03 bits per heavy atom. The Labute approximate surface area is 195 Å². The van der Waals surface area contributed by atoms with Crippen LogP contribution in [0.5, 0.6) is 0 Å². The van der Waals surface area contributed by atoms with Gasteiger partial charge in [0, 0.05) is 29.4 Å². The van der Waals surface area contributed by atoms with E-state index >= 15 is 0 Å². The van der Waals surface area contributed by atoms with Crippen LogP contribution in [0.2, 0.25) is 5.02 Å². The van der Waals surface area contributed by atoms with Gasteiger partial charge in [0.15, 0.2) is 0 Å². The quantitative estimate of drug-likeness (QED) is 0.361. The van der Waals surface area contributed by atoms with Crippen molar-refractivity contribution >= 4 is 34.6 Å². The number of benzene rings is 3. The van der Waals surface area contributed by atoms with Crippen molar-refractivity contribution in [1.29, 1.82) is 0 Å². The zero-order valence-corrected chi connectivity index (χ0v) is 18.3. The number of H-pyrrole nitrogens is 1. The molecule has 1 aliphatic carbocycles. The van der Waals surface area contributed by atoms with Crippen molar-refractivity contribution in [3.8, 4) is 11.1 Å². The van der Waals surface area contributed by atoms with Crippen LogP contribution in [0.25, 0.3) is 22.0 Å². The first-order valence-electron chi connectivity index (χ1n) is 10.6. The third-order valence-electron chi connectivity index (χ3n) is 6.07. The van der Waals surface area contributed by atoms with Crippen molar-refractivity contribution in [2.24, 2.45) is 0 Å². The number of carboxylic acid groups (broad SMARTS) is 1. The molecule has 0 bridgehead atoms. The van der Waals surface area contributed by atoms with Crippen molar-refractivity contribution in [3.63, 3.8) is 0 Å². The Bertz CT molecular complexity index is 1320. The number of halogens is 1. The second-order valence-corrected chi connectivity index (χ2v) is 8.49. The highest BCUT2D eigenvalue weighted by atomic mass is 35.5. The number of amides is 1. The molecule has 0 spiro atoms. The van der Waals surface area contributed by atoms with Crippen molar-refractivity contribution in [2.75, 3.05) is 6.61 Å². The van der Waals surface area contributed by atoms with E-state index in [4.69, 9.17) is 16.3 Å². The normalized spacial score (nSPS) is 13.4. The van der Waals surface area contributed by atoms with Gasteiger partial charge in [0.2, 0.25) is 0 Å². The van der Waals surface area contributed by atoms with Crippen LogP contribution in [-0.2, 0) is 16.0 Å². The summed E-state index contributed by atoms with van der Waals surface area (Å²) < 4.78 is 5.50. The van der Waals surface area contributed by atoms with Crippen LogP contribution in [0, 0.1) is 0 Å². The first-order chi connectivity index (χ1) is 16.0. The molecule has 3 N–H and O–H groups in total. The lowest BCUT2D eigenvalue weighted by Gasteiger charge is -2.17. The van der Waals surface area contributed by atoms with Crippen LogP contribution in [-0.4, -0.2) is 34.8 Å². The number of nitrogens with one attached hydrogen (secondary N) is 2. The number of aromatic amines is 1. The van der Waals surface area contributed by atoms with E-state index in [0.29, 0.717) is 5.02 Å². The van der Waals surface area contributed by atoms with Gasteiger partial charge < -0.3 is 20.1 Å². The molecule has 166 valence electrons. The third kappa shape index (κ3) is 4.05. The van der Waals surface area contributed by atoms with Gasteiger partial charge in [0.1, 0.15) is 12.6 Å². The number of carbonyl (C=O) groups is 2. The Kier molecular flexibility index (Phi) is 5.52. The molecule has 5 rings (SSSR count). The molecule has 0 radical (unpaired) electrons. The lowest BCUT2D eigenvalue weighted by atomic mass is 9.98. The van der Waals surface area contributed by atoms with E-state index in [1.54, 1.807) is 6.20 Å².